The number of hydrogen-bond acceptors (Lipinski definition) is 5. The second-order valence-corrected chi connectivity index (χ2v) is 4.66. The van der Waals surface area contributed by atoms with Gasteiger partial charge < -0.3 is 15.1 Å². The van der Waals surface area contributed by atoms with E-state index in [1.165, 1.54) is 6.42 Å². The zero-order valence-corrected chi connectivity index (χ0v) is 11.6. The van der Waals surface area contributed by atoms with E-state index in [4.69, 9.17) is 0 Å². The molecule has 5 heteroatoms. The Hall–Kier alpha value is -1.36. The molecule has 2 rings (SSSR count). The van der Waals surface area contributed by atoms with Gasteiger partial charge in [0, 0.05) is 38.8 Å². The van der Waals surface area contributed by atoms with Crippen LogP contribution < -0.4 is 15.1 Å². The highest BCUT2D eigenvalue weighted by molar-refractivity contribution is 5.50. The summed E-state index contributed by atoms with van der Waals surface area (Å²) in [6, 6.07) is 2.63. The van der Waals surface area contributed by atoms with Gasteiger partial charge in [0.25, 0.3) is 0 Å². The van der Waals surface area contributed by atoms with Crippen molar-refractivity contribution in [3.8, 4) is 0 Å². The Bertz CT molecular complexity index is 371. The molecule has 1 unspecified atom stereocenters. The first kappa shape index (κ1) is 13.1. The van der Waals surface area contributed by atoms with Crippen LogP contribution in [0.4, 0.5) is 11.6 Å². The fourth-order valence-electron chi connectivity index (χ4n) is 2.41. The van der Waals surface area contributed by atoms with Crippen LogP contribution in [-0.2, 0) is 0 Å². The zero-order chi connectivity index (χ0) is 13.0. The van der Waals surface area contributed by atoms with Crippen molar-refractivity contribution < 1.29 is 0 Å². The van der Waals surface area contributed by atoms with E-state index < -0.39 is 0 Å². The molecule has 1 fully saturated rings. The summed E-state index contributed by atoms with van der Waals surface area (Å²) in [5.41, 5.74) is 0. The molecular weight excluding hydrogens is 226 g/mol. The van der Waals surface area contributed by atoms with Crippen LogP contribution >= 0.6 is 0 Å². The summed E-state index contributed by atoms with van der Waals surface area (Å²) in [6.07, 6.45) is 2.85. The van der Waals surface area contributed by atoms with Gasteiger partial charge in [-0.2, -0.15) is 0 Å². The van der Waals surface area contributed by atoms with E-state index in [0.29, 0.717) is 6.04 Å². The van der Waals surface area contributed by atoms with Crippen molar-refractivity contribution >= 4 is 11.6 Å². The molecule has 0 spiro atoms. The second kappa shape index (κ2) is 6.00. The Morgan fingerprint density at radius 3 is 2.61 bits per heavy atom. The highest BCUT2D eigenvalue weighted by Crippen LogP contribution is 2.19. The summed E-state index contributed by atoms with van der Waals surface area (Å²) in [5, 5.41) is 3.39. The molecule has 1 aromatic heterocycles. The maximum atomic E-state index is 4.40. The number of likely N-dealkylation sites (N-methyl/N-ethyl adjacent to an activating group) is 1. The molecule has 2 heterocycles. The molecule has 0 aliphatic carbocycles. The maximum absolute atomic E-state index is 4.40. The second-order valence-electron chi connectivity index (χ2n) is 4.66. The summed E-state index contributed by atoms with van der Waals surface area (Å²) in [5.74, 6) is 2.03. The monoisotopic (exact) mass is 249 g/mol. The van der Waals surface area contributed by atoms with Crippen LogP contribution in [0, 0.1) is 0 Å². The lowest BCUT2D eigenvalue weighted by atomic mass is 10.2. The maximum Gasteiger partial charge on any atom is 0.134 e. The van der Waals surface area contributed by atoms with Gasteiger partial charge in [0.2, 0.25) is 0 Å². The molecule has 0 bridgehead atoms. The Kier molecular flexibility index (Phi) is 4.36. The number of nitrogens with zero attached hydrogens (tertiary/aromatic N) is 4. The van der Waals surface area contributed by atoms with Crippen molar-refractivity contribution in [1.82, 2.24) is 15.3 Å². The summed E-state index contributed by atoms with van der Waals surface area (Å²) >= 11 is 0. The topological polar surface area (TPSA) is 44.3 Å². The van der Waals surface area contributed by atoms with Crippen molar-refractivity contribution in [2.75, 3.05) is 43.0 Å². The van der Waals surface area contributed by atoms with Gasteiger partial charge in [0.15, 0.2) is 0 Å². The first-order valence-electron chi connectivity index (χ1n) is 6.76. The van der Waals surface area contributed by atoms with Crippen LogP contribution in [0.15, 0.2) is 12.4 Å². The average Bonchev–Trinajstić information content (AvgIpc) is 2.94. The van der Waals surface area contributed by atoms with Gasteiger partial charge in [0.05, 0.1) is 0 Å². The van der Waals surface area contributed by atoms with E-state index in [-0.39, 0.29) is 0 Å². The minimum absolute atomic E-state index is 0.546. The summed E-state index contributed by atoms with van der Waals surface area (Å²) in [7, 11) is 2.12. The number of rotatable bonds is 5. The summed E-state index contributed by atoms with van der Waals surface area (Å²) in [4.78, 5) is 13.3. The fraction of sp³-hybridized carbons (Fsp3) is 0.692. The van der Waals surface area contributed by atoms with Gasteiger partial charge in [-0.1, -0.05) is 0 Å². The van der Waals surface area contributed by atoms with Gasteiger partial charge >= 0.3 is 0 Å². The highest BCUT2D eigenvalue weighted by Gasteiger charge is 2.20. The molecule has 1 aliphatic rings. The smallest absolute Gasteiger partial charge is 0.134 e. The first-order chi connectivity index (χ1) is 8.76. The van der Waals surface area contributed by atoms with Crippen molar-refractivity contribution in [2.45, 2.75) is 26.3 Å². The molecule has 1 aromatic rings. The lowest BCUT2D eigenvalue weighted by molar-refractivity contribution is 0.676. The average molecular weight is 249 g/mol. The van der Waals surface area contributed by atoms with Crippen LogP contribution in [-0.4, -0.2) is 49.2 Å². The standard InChI is InChI=1S/C13H23N5/c1-4-18(5-2)13-8-12(15-10-16-13)17(3)11-6-7-14-9-11/h8,10-11,14H,4-7,9H2,1-3H3. The molecule has 100 valence electrons. The molecule has 0 radical (unpaired) electrons. The number of aromatic nitrogens is 2. The molecule has 1 saturated heterocycles. The van der Waals surface area contributed by atoms with Gasteiger partial charge in [-0.3, -0.25) is 0 Å². The van der Waals surface area contributed by atoms with E-state index >= 15 is 0 Å². The number of nitrogens with one attached hydrogen (secondary N) is 1. The van der Waals surface area contributed by atoms with Crippen LogP contribution in [0.1, 0.15) is 20.3 Å². The lowest BCUT2D eigenvalue weighted by Gasteiger charge is -2.26. The van der Waals surface area contributed by atoms with Gasteiger partial charge in [-0.15, -0.1) is 0 Å². The third-order valence-corrected chi connectivity index (χ3v) is 3.67. The minimum atomic E-state index is 0.546. The van der Waals surface area contributed by atoms with Gasteiger partial charge in [-0.25, -0.2) is 9.97 Å². The first-order valence-corrected chi connectivity index (χ1v) is 6.76. The highest BCUT2D eigenvalue weighted by atomic mass is 15.2. The van der Waals surface area contributed by atoms with E-state index in [1.807, 2.05) is 0 Å². The quantitative estimate of drug-likeness (QED) is 0.847. The SMILES string of the molecule is CCN(CC)c1cc(N(C)C2CCNC2)ncn1. The molecule has 5 nitrogen and oxygen atoms in total. The van der Waals surface area contributed by atoms with Crippen molar-refractivity contribution in [3.05, 3.63) is 12.4 Å². The lowest BCUT2D eigenvalue weighted by Crippen LogP contribution is -2.34. The van der Waals surface area contributed by atoms with Crippen LogP contribution in [0.3, 0.4) is 0 Å². The van der Waals surface area contributed by atoms with Crippen LogP contribution in [0.2, 0.25) is 0 Å². The van der Waals surface area contributed by atoms with Crippen molar-refractivity contribution in [2.24, 2.45) is 0 Å². The molecule has 0 saturated carbocycles. The molecule has 1 atom stereocenters. The normalized spacial score (nSPS) is 18.9. The molecule has 0 aromatic carbocycles. The number of hydrogen-bond donors (Lipinski definition) is 1. The zero-order valence-electron chi connectivity index (χ0n) is 11.6. The van der Waals surface area contributed by atoms with Crippen LogP contribution in [0.25, 0.3) is 0 Å². The molecule has 1 aliphatic heterocycles. The molecule has 0 amide bonds. The van der Waals surface area contributed by atoms with Gasteiger partial charge in [-0.05, 0) is 26.8 Å². The third-order valence-electron chi connectivity index (χ3n) is 3.67. The Morgan fingerprint density at radius 2 is 2.00 bits per heavy atom. The third kappa shape index (κ3) is 2.72. The van der Waals surface area contributed by atoms with Crippen molar-refractivity contribution in [1.29, 1.82) is 0 Å². The van der Waals surface area contributed by atoms with Crippen molar-refractivity contribution in [3.63, 3.8) is 0 Å². The van der Waals surface area contributed by atoms with E-state index in [1.54, 1.807) is 6.33 Å². The Labute approximate surface area is 109 Å². The fourth-order valence-corrected chi connectivity index (χ4v) is 2.41. The van der Waals surface area contributed by atoms with E-state index in [9.17, 15) is 0 Å². The number of anilines is 2. The Balaban J connectivity index is 2.15. The predicted molar refractivity (Wildman–Crippen MR) is 75.3 cm³/mol. The molecule has 1 N–H and O–H groups in total. The van der Waals surface area contributed by atoms with Crippen LogP contribution in [0.5, 0.6) is 0 Å². The molecule has 18 heavy (non-hydrogen) atoms. The minimum Gasteiger partial charge on any atom is -0.357 e. The molecular formula is C13H23N5. The van der Waals surface area contributed by atoms with E-state index in [0.717, 1.165) is 37.8 Å². The Morgan fingerprint density at radius 1 is 1.28 bits per heavy atom. The largest absolute Gasteiger partial charge is 0.357 e. The van der Waals surface area contributed by atoms with Gasteiger partial charge in [0.1, 0.15) is 18.0 Å². The van der Waals surface area contributed by atoms with E-state index in [2.05, 4.69) is 52.0 Å². The predicted octanol–water partition coefficient (Wildman–Crippen LogP) is 1.12. The summed E-state index contributed by atoms with van der Waals surface area (Å²) < 4.78 is 0. The summed E-state index contributed by atoms with van der Waals surface area (Å²) in [6.45, 7) is 8.39.